The van der Waals surface area contributed by atoms with Crippen molar-refractivity contribution in [3.8, 4) is 0 Å². The van der Waals surface area contributed by atoms with Gasteiger partial charge in [0.25, 0.3) is 0 Å². The third-order valence-corrected chi connectivity index (χ3v) is 2.06. The Balaban J connectivity index is 3.75. The SMILES string of the molecule is CC(C)(C)C(CCOCC(F)(F)F)NN. The predicted molar refractivity (Wildman–Crippen MR) is 52.1 cm³/mol. The molecular weight excluding hydrogens is 209 g/mol. The van der Waals surface area contributed by atoms with Gasteiger partial charge in [-0.05, 0) is 11.8 Å². The summed E-state index contributed by atoms with van der Waals surface area (Å²) in [5.41, 5.74) is 2.48. The van der Waals surface area contributed by atoms with Crippen LogP contribution in [0.4, 0.5) is 13.2 Å². The molecule has 3 nitrogen and oxygen atoms in total. The van der Waals surface area contributed by atoms with Crippen molar-refractivity contribution in [2.45, 2.75) is 39.4 Å². The number of rotatable bonds is 5. The summed E-state index contributed by atoms with van der Waals surface area (Å²) < 4.78 is 39.7. The summed E-state index contributed by atoms with van der Waals surface area (Å²) in [5, 5.41) is 0. The van der Waals surface area contributed by atoms with Gasteiger partial charge in [0.2, 0.25) is 0 Å². The van der Waals surface area contributed by atoms with Crippen LogP contribution >= 0.6 is 0 Å². The van der Waals surface area contributed by atoms with Crippen LogP contribution in [0.5, 0.6) is 0 Å². The Kier molecular flexibility index (Phi) is 5.55. The van der Waals surface area contributed by atoms with Crippen molar-refractivity contribution in [2.75, 3.05) is 13.2 Å². The molecule has 0 amide bonds. The molecule has 3 N–H and O–H groups in total. The second-order valence-electron chi connectivity index (χ2n) is 4.54. The number of alkyl halides is 3. The van der Waals surface area contributed by atoms with E-state index in [4.69, 9.17) is 5.84 Å². The Morgan fingerprint density at radius 1 is 1.27 bits per heavy atom. The summed E-state index contributed by atoms with van der Waals surface area (Å²) in [6, 6.07) is -0.0641. The van der Waals surface area contributed by atoms with Crippen molar-refractivity contribution in [1.82, 2.24) is 5.43 Å². The van der Waals surface area contributed by atoms with Crippen molar-refractivity contribution in [3.05, 3.63) is 0 Å². The van der Waals surface area contributed by atoms with Crippen LogP contribution < -0.4 is 11.3 Å². The first-order chi connectivity index (χ1) is 6.67. The first-order valence-corrected chi connectivity index (χ1v) is 4.77. The van der Waals surface area contributed by atoms with E-state index in [1.54, 1.807) is 0 Å². The number of hydrazine groups is 1. The molecule has 0 bridgehead atoms. The minimum atomic E-state index is -4.26. The zero-order chi connectivity index (χ0) is 12.1. The number of hydrogen-bond acceptors (Lipinski definition) is 3. The molecule has 0 rings (SSSR count). The molecule has 0 aliphatic carbocycles. The molecule has 0 heterocycles. The van der Waals surface area contributed by atoms with Crippen molar-refractivity contribution in [2.24, 2.45) is 11.3 Å². The zero-order valence-electron chi connectivity index (χ0n) is 9.32. The van der Waals surface area contributed by atoms with Crippen LogP contribution in [0, 0.1) is 5.41 Å². The molecule has 6 heteroatoms. The Hall–Kier alpha value is -0.330. The number of halogens is 3. The number of hydrogen-bond donors (Lipinski definition) is 2. The monoisotopic (exact) mass is 228 g/mol. The maximum atomic E-state index is 11.7. The largest absolute Gasteiger partial charge is 0.411 e. The van der Waals surface area contributed by atoms with Gasteiger partial charge in [0.05, 0.1) is 0 Å². The van der Waals surface area contributed by atoms with Gasteiger partial charge in [-0.3, -0.25) is 11.3 Å². The van der Waals surface area contributed by atoms with E-state index in [1.807, 2.05) is 20.8 Å². The van der Waals surface area contributed by atoms with Crippen LogP contribution in [0.3, 0.4) is 0 Å². The maximum Gasteiger partial charge on any atom is 0.411 e. The molecule has 0 saturated heterocycles. The van der Waals surface area contributed by atoms with Gasteiger partial charge in [0.1, 0.15) is 6.61 Å². The lowest BCUT2D eigenvalue weighted by atomic mass is 9.85. The topological polar surface area (TPSA) is 47.3 Å². The van der Waals surface area contributed by atoms with Crippen molar-refractivity contribution in [1.29, 1.82) is 0 Å². The Labute approximate surface area is 88.1 Å². The highest BCUT2D eigenvalue weighted by atomic mass is 19.4. The molecule has 0 saturated carbocycles. The van der Waals surface area contributed by atoms with E-state index in [9.17, 15) is 13.2 Å². The van der Waals surface area contributed by atoms with Crippen LogP contribution in [-0.4, -0.2) is 25.4 Å². The molecule has 1 unspecified atom stereocenters. The molecule has 1 atom stereocenters. The Bertz CT molecular complexity index is 177. The molecule has 15 heavy (non-hydrogen) atoms. The first-order valence-electron chi connectivity index (χ1n) is 4.77. The summed E-state index contributed by atoms with van der Waals surface area (Å²) in [6.07, 6.45) is -3.80. The molecule has 0 fully saturated rings. The van der Waals surface area contributed by atoms with E-state index in [2.05, 4.69) is 10.2 Å². The quantitative estimate of drug-likeness (QED) is 0.429. The molecule has 0 aliphatic rings. The van der Waals surface area contributed by atoms with Gasteiger partial charge in [-0.1, -0.05) is 20.8 Å². The van der Waals surface area contributed by atoms with E-state index in [1.165, 1.54) is 0 Å². The highest BCUT2D eigenvalue weighted by Gasteiger charge is 2.28. The van der Waals surface area contributed by atoms with Crippen LogP contribution in [0.2, 0.25) is 0 Å². The minimum absolute atomic E-state index is 0.0473. The van der Waals surface area contributed by atoms with E-state index in [0.717, 1.165) is 0 Å². The molecule has 0 spiro atoms. The minimum Gasteiger partial charge on any atom is -0.372 e. The predicted octanol–water partition coefficient (Wildman–Crippen LogP) is 1.83. The molecule has 0 aliphatic heterocycles. The number of nitrogens with two attached hydrogens (primary N) is 1. The van der Waals surface area contributed by atoms with Crippen LogP contribution in [0.25, 0.3) is 0 Å². The molecular formula is C9H19F3N2O. The summed E-state index contributed by atoms with van der Waals surface area (Å²) >= 11 is 0. The lowest BCUT2D eigenvalue weighted by molar-refractivity contribution is -0.174. The van der Waals surface area contributed by atoms with E-state index >= 15 is 0 Å². The fourth-order valence-electron chi connectivity index (χ4n) is 1.16. The van der Waals surface area contributed by atoms with Gasteiger partial charge in [-0.15, -0.1) is 0 Å². The zero-order valence-corrected chi connectivity index (χ0v) is 9.32. The Morgan fingerprint density at radius 2 is 1.80 bits per heavy atom. The molecule has 0 aromatic rings. The average molecular weight is 228 g/mol. The van der Waals surface area contributed by atoms with Gasteiger partial charge >= 0.3 is 6.18 Å². The van der Waals surface area contributed by atoms with E-state index in [-0.39, 0.29) is 18.1 Å². The van der Waals surface area contributed by atoms with Gasteiger partial charge < -0.3 is 4.74 Å². The van der Waals surface area contributed by atoms with Gasteiger partial charge in [-0.25, -0.2) is 0 Å². The summed E-state index contributed by atoms with van der Waals surface area (Å²) in [6.45, 7) is 4.73. The second-order valence-corrected chi connectivity index (χ2v) is 4.54. The highest BCUT2D eigenvalue weighted by molar-refractivity contribution is 4.78. The van der Waals surface area contributed by atoms with Gasteiger partial charge in [-0.2, -0.15) is 13.2 Å². The van der Waals surface area contributed by atoms with Gasteiger partial charge in [0, 0.05) is 12.6 Å². The number of ether oxygens (including phenoxy) is 1. The molecule has 0 aromatic carbocycles. The smallest absolute Gasteiger partial charge is 0.372 e. The van der Waals surface area contributed by atoms with Crippen LogP contribution in [0.1, 0.15) is 27.2 Å². The molecule has 0 aromatic heterocycles. The Morgan fingerprint density at radius 3 is 2.13 bits per heavy atom. The fraction of sp³-hybridized carbons (Fsp3) is 1.00. The maximum absolute atomic E-state index is 11.7. The van der Waals surface area contributed by atoms with Crippen LogP contribution in [0.15, 0.2) is 0 Å². The third-order valence-electron chi connectivity index (χ3n) is 2.06. The van der Waals surface area contributed by atoms with Crippen molar-refractivity contribution >= 4 is 0 Å². The highest BCUT2D eigenvalue weighted by Crippen LogP contribution is 2.21. The van der Waals surface area contributed by atoms with Crippen LogP contribution in [-0.2, 0) is 4.74 Å². The summed E-state index contributed by atoms with van der Waals surface area (Å²) in [4.78, 5) is 0. The van der Waals surface area contributed by atoms with Crippen molar-refractivity contribution < 1.29 is 17.9 Å². The summed E-state index contributed by atoms with van der Waals surface area (Å²) in [5.74, 6) is 5.30. The normalized spacial score (nSPS) is 15.4. The van der Waals surface area contributed by atoms with E-state index in [0.29, 0.717) is 6.42 Å². The lowest BCUT2D eigenvalue weighted by Crippen LogP contribution is -2.45. The molecule has 92 valence electrons. The summed E-state index contributed by atoms with van der Waals surface area (Å²) in [7, 11) is 0. The average Bonchev–Trinajstić information content (AvgIpc) is 1.99. The first kappa shape index (κ1) is 14.7. The molecule has 0 radical (unpaired) electrons. The third kappa shape index (κ3) is 7.58. The second kappa shape index (κ2) is 5.67. The number of nitrogens with one attached hydrogen (secondary N) is 1. The standard InChI is InChI=1S/C9H19F3N2O/c1-8(2,3)7(14-13)4-5-15-6-9(10,11)12/h7,14H,4-6,13H2,1-3H3. The van der Waals surface area contributed by atoms with E-state index < -0.39 is 12.8 Å². The van der Waals surface area contributed by atoms with Gasteiger partial charge in [0.15, 0.2) is 0 Å². The van der Waals surface area contributed by atoms with Crippen molar-refractivity contribution in [3.63, 3.8) is 0 Å². The fourth-order valence-corrected chi connectivity index (χ4v) is 1.16. The lowest BCUT2D eigenvalue weighted by Gasteiger charge is -2.29.